The number of hydrogen-bond donors (Lipinski definition) is 0. The van der Waals surface area contributed by atoms with E-state index in [1.807, 2.05) is 43.3 Å². The molecule has 0 bridgehead atoms. The van der Waals surface area contributed by atoms with E-state index in [1.54, 1.807) is 0 Å². The van der Waals surface area contributed by atoms with Crippen LogP contribution in [0.25, 0.3) is 0 Å². The Bertz CT molecular complexity index is 322. The minimum atomic E-state index is 0.338. The van der Waals surface area contributed by atoms with Gasteiger partial charge in [0, 0.05) is 11.5 Å². The van der Waals surface area contributed by atoms with Crippen LogP contribution in [-0.2, 0) is 0 Å². The molecule has 66 valence electrons. The minimum absolute atomic E-state index is 0.338. The largest absolute Gasteiger partial charge is 0.0906 e. The number of hydrogen-bond acceptors (Lipinski definition) is 0. The first-order chi connectivity index (χ1) is 6.33. The first kappa shape index (κ1) is 9.61. The molecule has 0 fully saturated rings. The standard InChI is InChI=1S/C13H14/c1-3-7-12(2)10-11-13-8-5-4-6-9-13/h3-9,12H,1-2H3/b7-3+. The lowest BCUT2D eigenvalue weighted by Gasteiger charge is -1.91. The van der Waals surface area contributed by atoms with Crippen molar-refractivity contribution in [1.29, 1.82) is 0 Å². The summed E-state index contributed by atoms with van der Waals surface area (Å²) < 4.78 is 0. The lowest BCUT2D eigenvalue weighted by molar-refractivity contribution is 0.977. The molecule has 1 rings (SSSR count). The molecule has 0 saturated carbocycles. The van der Waals surface area contributed by atoms with Crippen LogP contribution < -0.4 is 0 Å². The Morgan fingerprint density at radius 1 is 1.23 bits per heavy atom. The maximum Gasteiger partial charge on any atom is 0.0358 e. The fourth-order valence-electron chi connectivity index (χ4n) is 1.06. The summed E-state index contributed by atoms with van der Waals surface area (Å²) in [5.41, 5.74) is 1.08. The summed E-state index contributed by atoms with van der Waals surface area (Å²) >= 11 is 0. The first-order valence-electron chi connectivity index (χ1n) is 4.52. The Balaban J connectivity index is 2.67. The summed E-state index contributed by atoms with van der Waals surface area (Å²) in [4.78, 5) is 0. The molecule has 0 N–H and O–H groups in total. The Hall–Kier alpha value is -1.48. The van der Waals surface area contributed by atoms with E-state index in [4.69, 9.17) is 0 Å². The molecule has 0 aliphatic carbocycles. The van der Waals surface area contributed by atoms with Gasteiger partial charge in [-0.1, -0.05) is 42.2 Å². The molecule has 0 heterocycles. The van der Waals surface area contributed by atoms with Crippen molar-refractivity contribution in [3.63, 3.8) is 0 Å². The van der Waals surface area contributed by atoms with Crippen LogP contribution in [0.1, 0.15) is 19.4 Å². The second kappa shape index (κ2) is 5.22. The van der Waals surface area contributed by atoms with Crippen LogP contribution in [0.3, 0.4) is 0 Å². The van der Waals surface area contributed by atoms with Gasteiger partial charge in [-0.15, -0.1) is 0 Å². The summed E-state index contributed by atoms with van der Waals surface area (Å²) in [5, 5.41) is 0. The van der Waals surface area contributed by atoms with Gasteiger partial charge in [0.25, 0.3) is 0 Å². The van der Waals surface area contributed by atoms with E-state index < -0.39 is 0 Å². The topological polar surface area (TPSA) is 0 Å². The molecule has 0 heteroatoms. The number of rotatable bonds is 1. The van der Waals surface area contributed by atoms with Gasteiger partial charge in [-0.25, -0.2) is 0 Å². The molecule has 0 aromatic heterocycles. The van der Waals surface area contributed by atoms with Gasteiger partial charge in [0.05, 0.1) is 0 Å². The Morgan fingerprint density at radius 2 is 1.92 bits per heavy atom. The Morgan fingerprint density at radius 3 is 2.54 bits per heavy atom. The lowest BCUT2D eigenvalue weighted by atomic mass is 10.1. The van der Waals surface area contributed by atoms with Crippen molar-refractivity contribution in [1.82, 2.24) is 0 Å². The zero-order valence-electron chi connectivity index (χ0n) is 8.12. The van der Waals surface area contributed by atoms with E-state index in [0.717, 1.165) is 5.56 Å². The zero-order chi connectivity index (χ0) is 9.52. The van der Waals surface area contributed by atoms with Gasteiger partial charge in [0.15, 0.2) is 0 Å². The molecule has 13 heavy (non-hydrogen) atoms. The van der Waals surface area contributed by atoms with Gasteiger partial charge in [-0.2, -0.15) is 0 Å². The summed E-state index contributed by atoms with van der Waals surface area (Å²) in [7, 11) is 0. The monoisotopic (exact) mass is 170 g/mol. The maximum absolute atomic E-state index is 3.16. The van der Waals surface area contributed by atoms with Gasteiger partial charge in [-0.3, -0.25) is 0 Å². The van der Waals surface area contributed by atoms with Crippen molar-refractivity contribution in [2.24, 2.45) is 5.92 Å². The molecule has 0 nitrogen and oxygen atoms in total. The lowest BCUT2D eigenvalue weighted by Crippen LogP contribution is -1.82. The Kier molecular flexibility index (Phi) is 3.85. The summed E-state index contributed by atoms with van der Waals surface area (Å²) in [5.74, 6) is 6.63. The van der Waals surface area contributed by atoms with Crippen LogP contribution in [0.5, 0.6) is 0 Å². The van der Waals surface area contributed by atoms with Crippen LogP contribution in [0, 0.1) is 17.8 Å². The third-order valence-corrected chi connectivity index (χ3v) is 1.70. The second-order valence-corrected chi connectivity index (χ2v) is 2.95. The predicted octanol–water partition coefficient (Wildman–Crippen LogP) is 3.25. The van der Waals surface area contributed by atoms with Gasteiger partial charge in [-0.05, 0) is 26.0 Å². The van der Waals surface area contributed by atoms with Crippen LogP contribution >= 0.6 is 0 Å². The van der Waals surface area contributed by atoms with E-state index in [2.05, 4.69) is 24.8 Å². The van der Waals surface area contributed by atoms with Crippen molar-refractivity contribution in [3.8, 4) is 11.8 Å². The highest BCUT2D eigenvalue weighted by Crippen LogP contribution is 1.98. The van der Waals surface area contributed by atoms with Crippen molar-refractivity contribution in [2.75, 3.05) is 0 Å². The van der Waals surface area contributed by atoms with Crippen LogP contribution in [0.4, 0.5) is 0 Å². The normalized spacial score (nSPS) is 12.2. The minimum Gasteiger partial charge on any atom is -0.0906 e. The average Bonchev–Trinajstić information content (AvgIpc) is 2.17. The van der Waals surface area contributed by atoms with Gasteiger partial charge >= 0.3 is 0 Å². The summed E-state index contributed by atoms with van der Waals surface area (Å²) in [6, 6.07) is 10.1. The zero-order valence-corrected chi connectivity index (χ0v) is 8.12. The molecule has 0 aliphatic heterocycles. The van der Waals surface area contributed by atoms with Crippen molar-refractivity contribution < 1.29 is 0 Å². The fourth-order valence-corrected chi connectivity index (χ4v) is 1.06. The predicted molar refractivity (Wildman–Crippen MR) is 57.3 cm³/mol. The summed E-state index contributed by atoms with van der Waals surface area (Å²) in [6.45, 7) is 4.11. The highest BCUT2D eigenvalue weighted by atomic mass is 13.9. The van der Waals surface area contributed by atoms with Gasteiger partial charge in [0.2, 0.25) is 0 Å². The molecule has 1 unspecified atom stereocenters. The van der Waals surface area contributed by atoms with Crippen molar-refractivity contribution >= 4 is 0 Å². The molecule has 0 radical (unpaired) electrons. The van der Waals surface area contributed by atoms with Gasteiger partial charge in [0.1, 0.15) is 0 Å². The first-order valence-corrected chi connectivity index (χ1v) is 4.52. The second-order valence-electron chi connectivity index (χ2n) is 2.95. The Labute approximate surface area is 80.3 Å². The molecule has 0 spiro atoms. The van der Waals surface area contributed by atoms with E-state index in [0.29, 0.717) is 5.92 Å². The SMILES string of the molecule is C/C=C/C(C)C#Cc1ccccc1. The van der Waals surface area contributed by atoms with Gasteiger partial charge < -0.3 is 0 Å². The smallest absolute Gasteiger partial charge is 0.0358 e. The maximum atomic E-state index is 3.16. The molecule has 1 aromatic carbocycles. The summed E-state index contributed by atoms with van der Waals surface area (Å²) in [6.07, 6.45) is 4.13. The molecule has 0 aliphatic rings. The highest BCUT2D eigenvalue weighted by Gasteiger charge is 1.87. The van der Waals surface area contributed by atoms with Crippen LogP contribution in [-0.4, -0.2) is 0 Å². The van der Waals surface area contributed by atoms with E-state index in [1.165, 1.54) is 0 Å². The van der Waals surface area contributed by atoms with E-state index in [-0.39, 0.29) is 0 Å². The number of benzene rings is 1. The molecular weight excluding hydrogens is 156 g/mol. The van der Waals surface area contributed by atoms with Crippen LogP contribution in [0.15, 0.2) is 42.5 Å². The number of allylic oxidation sites excluding steroid dienone is 2. The van der Waals surface area contributed by atoms with Crippen LogP contribution in [0.2, 0.25) is 0 Å². The molecule has 0 saturated heterocycles. The average molecular weight is 170 g/mol. The third kappa shape index (κ3) is 3.62. The molecule has 1 aromatic rings. The molecular formula is C13H14. The van der Waals surface area contributed by atoms with Crippen molar-refractivity contribution in [3.05, 3.63) is 48.0 Å². The molecule has 1 atom stereocenters. The third-order valence-electron chi connectivity index (χ3n) is 1.70. The highest BCUT2D eigenvalue weighted by molar-refractivity contribution is 5.34. The van der Waals surface area contributed by atoms with E-state index >= 15 is 0 Å². The fraction of sp³-hybridized carbons (Fsp3) is 0.231. The van der Waals surface area contributed by atoms with Crippen molar-refractivity contribution in [2.45, 2.75) is 13.8 Å². The van der Waals surface area contributed by atoms with E-state index in [9.17, 15) is 0 Å². The molecule has 0 amide bonds. The quantitative estimate of drug-likeness (QED) is 0.448.